The van der Waals surface area contributed by atoms with Crippen LogP contribution in [0.2, 0.25) is 0 Å². The SMILES string of the molecule is C[C@H]1CCCCN1CCCNC(=O)c1cc2c(s1)-c1ccccc1S(=O)(=O)C2. The number of piperidine rings is 1. The molecule has 1 fully saturated rings. The average molecular weight is 419 g/mol. The summed E-state index contributed by atoms with van der Waals surface area (Å²) < 4.78 is 25.0. The van der Waals surface area contributed by atoms with Crippen LogP contribution in [0.25, 0.3) is 10.4 Å². The first-order chi connectivity index (χ1) is 13.5. The fourth-order valence-corrected chi connectivity index (χ4v) is 7.02. The number of nitrogens with zero attached hydrogens (tertiary/aromatic N) is 1. The average Bonchev–Trinajstić information content (AvgIpc) is 3.10. The summed E-state index contributed by atoms with van der Waals surface area (Å²) in [6, 6.07) is 9.43. The minimum Gasteiger partial charge on any atom is -0.351 e. The third-order valence-electron chi connectivity index (χ3n) is 5.69. The van der Waals surface area contributed by atoms with Gasteiger partial charge in [-0.25, -0.2) is 8.42 Å². The molecule has 0 bridgehead atoms. The Kier molecular flexibility index (Phi) is 5.58. The summed E-state index contributed by atoms with van der Waals surface area (Å²) in [7, 11) is -3.34. The fourth-order valence-electron chi connectivity index (χ4n) is 4.14. The van der Waals surface area contributed by atoms with Crippen molar-refractivity contribution in [2.24, 2.45) is 0 Å². The summed E-state index contributed by atoms with van der Waals surface area (Å²) in [5.41, 5.74) is 1.45. The lowest BCUT2D eigenvalue weighted by molar-refractivity contribution is 0.0953. The van der Waals surface area contributed by atoms with Gasteiger partial charge < -0.3 is 10.2 Å². The van der Waals surface area contributed by atoms with Crippen molar-refractivity contribution >= 4 is 27.1 Å². The normalized spacial score (nSPS) is 21.0. The van der Waals surface area contributed by atoms with E-state index in [1.165, 1.54) is 30.6 Å². The maximum Gasteiger partial charge on any atom is 0.261 e. The first kappa shape index (κ1) is 19.6. The van der Waals surface area contributed by atoms with Crippen LogP contribution < -0.4 is 5.32 Å². The molecule has 2 aliphatic rings. The van der Waals surface area contributed by atoms with Crippen molar-refractivity contribution in [1.29, 1.82) is 0 Å². The van der Waals surface area contributed by atoms with E-state index in [1.54, 1.807) is 18.2 Å². The zero-order chi connectivity index (χ0) is 19.7. The number of carbonyl (C=O) groups is 1. The van der Waals surface area contributed by atoms with E-state index in [0.717, 1.165) is 30.0 Å². The van der Waals surface area contributed by atoms with Crippen LogP contribution in [0.15, 0.2) is 35.2 Å². The number of rotatable bonds is 5. The van der Waals surface area contributed by atoms with E-state index in [2.05, 4.69) is 17.1 Å². The Hall–Kier alpha value is -1.70. The lowest BCUT2D eigenvalue weighted by atomic mass is 10.0. The van der Waals surface area contributed by atoms with Crippen molar-refractivity contribution in [1.82, 2.24) is 10.2 Å². The first-order valence-corrected chi connectivity index (χ1v) is 12.4. The molecule has 0 spiro atoms. The number of benzene rings is 1. The number of hydrogen-bond donors (Lipinski definition) is 1. The van der Waals surface area contributed by atoms with E-state index in [9.17, 15) is 13.2 Å². The molecule has 1 aromatic heterocycles. The van der Waals surface area contributed by atoms with E-state index in [-0.39, 0.29) is 11.7 Å². The standard InChI is InChI=1S/C21H26N2O3S2/c1-15-7-4-5-11-23(15)12-6-10-22-21(24)18-13-16-14-28(25,26)19-9-3-2-8-17(19)20(16)27-18/h2-3,8-9,13,15H,4-7,10-12,14H2,1H3,(H,22,24)/t15-/m0/s1. The molecule has 150 valence electrons. The molecular weight excluding hydrogens is 392 g/mol. The number of fused-ring (bicyclic) bond motifs is 3. The molecule has 5 nitrogen and oxygen atoms in total. The summed E-state index contributed by atoms with van der Waals surface area (Å²) in [6.45, 7) is 5.08. The Morgan fingerprint density at radius 2 is 2.11 bits per heavy atom. The molecule has 4 rings (SSSR count). The molecule has 0 saturated carbocycles. The lowest BCUT2D eigenvalue weighted by Gasteiger charge is -2.33. The Morgan fingerprint density at radius 3 is 2.93 bits per heavy atom. The molecule has 2 aliphatic heterocycles. The highest BCUT2D eigenvalue weighted by Crippen LogP contribution is 2.42. The fraction of sp³-hybridized carbons (Fsp3) is 0.476. The monoisotopic (exact) mass is 418 g/mol. The topological polar surface area (TPSA) is 66.5 Å². The summed E-state index contributed by atoms with van der Waals surface area (Å²) >= 11 is 1.39. The molecular formula is C21H26N2O3S2. The summed E-state index contributed by atoms with van der Waals surface area (Å²) in [4.78, 5) is 16.9. The summed E-state index contributed by atoms with van der Waals surface area (Å²) in [5, 5.41) is 3.00. The minimum atomic E-state index is -3.34. The highest BCUT2D eigenvalue weighted by molar-refractivity contribution is 7.91. The molecule has 1 amide bonds. The smallest absolute Gasteiger partial charge is 0.261 e. The molecule has 3 heterocycles. The van der Waals surface area contributed by atoms with Crippen LogP contribution in [0, 0.1) is 0 Å². The van der Waals surface area contributed by atoms with Crippen molar-refractivity contribution < 1.29 is 13.2 Å². The Morgan fingerprint density at radius 1 is 1.29 bits per heavy atom. The molecule has 28 heavy (non-hydrogen) atoms. The van der Waals surface area contributed by atoms with E-state index in [1.807, 2.05) is 12.1 Å². The van der Waals surface area contributed by atoms with Gasteiger partial charge in [-0.2, -0.15) is 0 Å². The molecule has 0 radical (unpaired) electrons. The number of thiophene rings is 1. The van der Waals surface area contributed by atoms with Gasteiger partial charge in [0.1, 0.15) is 0 Å². The van der Waals surface area contributed by atoms with Crippen LogP contribution >= 0.6 is 11.3 Å². The molecule has 1 atom stereocenters. The van der Waals surface area contributed by atoms with Crippen LogP contribution in [0.1, 0.15) is 47.8 Å². The maximum absolute atomic E-state index is 12.6. The Bertz CT molecular complexity index is 981. The van der Waals surface area contributed by atoms with Gasteiger partial charge in [-0.15, -0.1) is 11.3 Å². The number of likely N-dealkylation sites (tertiary alicyclic amines) is 1. The third kappa shape index (κ3) is 3.88. The van der Waals surface area contributed by atoms with Crippen molar-refractivity contribution in [3.05, 3.63) is 40.8 Å². The van der Waals surface area contributed by atoms with Crippen molar-refractivity contribution in [3.8, 4) is 10.4 Å². The van der Waals surface area contributed by atoms with Gasteiger partial charge in [0.15, 0.2) is 9.84 Å². The molecule has 1 aromatic carbocycles. The molecule has 0 aliphatic carbocycles. The van der Waals surface area contributed by atoms with Crippen LogP contribution in [0.4, 0.5) is 0 Å². The molecule has 2 aromatic rings. The molecule has 0 unspecified atom stereocenters. The van der Waals surface area contributed by atoms with Gasteiger partial charge in [0.2, 0.25) is 0 Å². The van der Waals surface area contributed by atoms with Crippen molar-refractivity contribution in [2.45, 2.75) is 49.3 Å². The van der Waals surface area contributed by atoms with Gasteiger partial charge in [-0.3, -0.25) is 4.79 Å². The number of sulfone groups is 1. The van der Waals surface area contributed by atoms with Gasteiger partial charge in [-0.05, 0) is 50.4 Å². The predicted molar refractivity (Wildman–Crippen MR) is 112 cm³/mol. The van der Waals surface area contributed by atoms with Crippen LogP contribution in [-0.4, -0.2) is 44.9 Å². The highest BCUT2D eigenvalue weighted by Gasteiger charge is 2.30. The van der Waals surface area contributed by atoms with Gasteiger partial charge in [0.05, 0.1) is 15.5 Å². The zero-order valence-electron chi connectivity index (χ0n) is 16.1. The van der Waals surface area contributed by atoms with E-state index < -0.39 is 9.84 Å². The number of hydrogen-bond acceptors (Lipinski definition) is 5. The first-order valence-electron chi connectivity index (χ1n) is 9.93. The van der Waals surface area contributed by atoms with E-state index in [4.69, 9.17) is 0 Å². The van der Waals surface area contributed by atoms with Crippen LogP contribution in [0.5, 0.6) is 0 Å². The number of carbonyl (C=O) groups excluding carboxylic acids is 1. The quantitative estimate of drug-likeness (QED) is 0.752. The molecule has 1 saturated heterocycles. The Labute approximate surface area is 170 Å². The van der Waals surface area contributed by atoms with Gasteiger partial charge >= 0.3 is 0 Å². The maximum atomic E-state index is 12.6. The molecule has 1 N–H and O–H groups in total. The van der Waals surface area contributed by atoms with Crippen molar-refractivity contribution in [3.63, 3.8) is 0 Å². The molecule has 7 heteroatoms. The van der Waals surface area contributed by atoms with Gasteiger partial charge in [0.25, 0.3) is 5.91 Å². The van der Waals surface area contributed by atoms with E-state index in [0.29, 0.717) is 27.9 Å². The zero-order valence-corrected chi connectivity index (χ0v) is 17.7. The van der Waals surface area contributed by atoms with Crippen LogP contribution in [0.3, 0.4) is 0 Å². The second kappa shape index (κ2) is 7.97. The summed E-state index contributed by atoms with van der Waals surface area (Å²) in [5.74, 6) is -0.142. The summed E-state index contributed by atoms with van der Waals surface area (Å²) in [6.07, 6.45) is 4.77. The third-order valence-corrected chi connectivity index (χ3v) is 8.62. The van der Waals surface area contributed by atoms with E-state index >= 15 is 0 Å². The highest BCUT2D eigenvalue weighted by atomic mass is 32.2. The van der Waals surface area contributed by atoms with Gasteiger partial charge in [-0.1, -0.05) is 24.6 Å². The predicted octanol–water partition coefficient (Wildman–Crippen LogP) is 3.70. The van der Waals surface area contributed by atoms with Gasteiger partial charge in [0, 0.05) is 29.6 Å². The lowest BCUT2D eigenvalue weighted by Crippen LogP contribution is -2.39. The second-order valence-corrected chi connectivity index (χ2v) is 10.7. The Balaban J connectivity index is 1.40. The number of nitrogens with one attached hydrogen (secondary N) is 1. The second-order valence-electron chi connectivity index (χ2n) is 7.71. The largest absolute Gasteiger partial charge is 0.351 e. The van der Waals surface area contributed by atoms with Crippen LogP contribution in [-0.2, 0) is 15.6 Å². The van der Waals surface area contributed by atoms with Crippen molar-refractivity contribution in [2.75, 3.05) is 19.6 Å². The minimum absolute atomic E-state index is 0.0318. The number of amides is 1.